The van der Waals surface area contributed by atoms with Crippen LogP contribution in [0.25, 0.3) is 6.08 Å². The lowest BCUT2D eigenvalue weighted by Gasteiger charge is -2.19. The number of aromatic nitrogens is 2. The van der Waals surface area contributed by atoms with Crippen molar-refractivity contribution in [1.29, 1.82) is 0 Å². The summed E-state index contributed by atoms with van der Waals surface area (Å²) >= 11 is 0. The third-order valence-corrected chi connectivity index (χ3v) is 6.03. The Morgan fingerprint density at radius 3 is 2.53 bits per heavy atom. The van der Waals surface area contributed by atoms with Gasteiger partial charge in [-0.15, -0.1) is 0 Å². The minimum atomic E-state index is -0.0452. The van der Waals surface area contributed by atoms with Crippen LogP contribution in [0.15, 0.2) is 71.9 Å². The fourth-order valence-electron chi connectivity index (χ4n) is 4.06. The molecule has 1 aromatic carbocycles. The number of benzene rings is 1. The van der Waals surface area contributed by atoms with Gasteiger partial charge in [0.1, 0.15) is 23.9 Å². The van der Waals surface area contributed by atoms with E-state index >= 15 is 0 Å². The monoisotopic (exact) mass is 463 g/mol. The Labute approximate surface area is 204 Å². The van der Waals surface area contributed by atoms with Gasteiger partial charge in [0, 0.05) is 5.56 Å². The van der Waals surface area contributed by atoms with Crippen LogP contribution in [0.1, 0.15) is 80.8 Å². The van der Waals surface area contributed by atoms with Crippen molar-refractivity contribution in [1.82, 2.24) is 4.57 Å². The predicted octanol–water partition coefficient (Wildman–Crippen LogP) is 6.78. The van der Waals surface area contributed by atoms with Gasteiger partial charge in [0.15, 0.2) is 5.78 Å². The van der Waals surface area contributed by atoms with Gasteiger partial charge in [0.05, 0.1) is 26.0 Å². The molecule has 0 saturated heterocycles. The first kappa shape index (κ1) is 25.5. The van der Waals surface area contributed by atoms with Crippen molar-refractivity contribution in [2.24, 2.45) is 7.05 Å². The summed E-state index contributed by atoms with van der Waals surface area (Å²) in [5.74, 6) is 1.46. The molecule has 0 spiro atoms. The van der Waals surface area contributed by atoms with E-state index in [2.05, 4.69) is 41.8 Å². The van der Waals surface area contributed by atoms with Crippen molar-refractivity contribution < 1.29 is 18.5 Å². The van der Waals surface area contributed by atoms with Gasteiger partial charge in [0.2, 0.25) is 6.33 Å². The molecule has 1 unspecified atom stereocenters. The van der Waals surface area contributed by atoms with Crippen LogP contribution in [0.5, 0.6) is 5.75 Å². The summed E-state index contributed by atoms with van der Waals surface area (Å²) in [5, 5.41) is 0. The van der Waals surface area contributed by atoms with Crippen LogP contribution >= 0.6 is 0 Å². The van der Waals surface area contributed by atoms with E-state index < -0.39 is 0 Å². The maximum absolute atomic E-state index is 12.4. The zero-order valence-corrected chi connectivity index (χ0v) is 20.7. The molecule has 3 rings (SSSR count). The van der Waals surface area contributed by atoms with E-state index in [1.807, 2.05) is 30.3 Å². The number of nitrogens with zero attached hydrogens (tertiary/aromatic N) is 2. The highest BCUT2D eigenvalue weighted by molar-refractivity contribution is 6.06. The molecule has 182 valence electrons. The Balaban J connectivity index is 1.38. The number of hydrogen-bond donors (Lipinski definition) is 0. The summed E-state index contributed by atoms with van der Waals surface area (Å²) in [6, 6.07) is 11.1. The minimum absolute atomic E-state index is 0.0452. The van der Waals surface area contributed by atoms with Crippen molar-refractivity contribution in [2.45, 2.75) is 77.4 Å². The molecule has 3 aromatic rings. The molecular formula is C29H39N2O3+. The van der Waals surface area contributed by atoms with Crippen molar-refractivity contribution in [2.75, 3.05) is 0 Å². The summed E-state index contributed by atoms with van der Waals surface area (Å²) in [5.41, 5.74) is 0.647. The molecule has 0 fully saturated rings. The average Bonchev–Trinajstić information content (AvgIpc) is 3.52. The first-order valence-electron chi connectivity index (χ1n) is 12.7. The Kier molecular flexibility index (Phi) is 10.7. The number of hydrogen-bond acceptors (Lipinski definition) is 3. The lowest BCUT2D eigenvalue weighted by atomic mass is 10.0. The molecule has 0 saturated carbocycles. The lowest BCUT2D eigenvalue weighted by Crippen LogP contribution is -2.23. The molecule has 5 nitrogen and oxygen atoms in total. The fraction of sp³-hybridized carbons (Fsp3) is 0.448. The molecular weight excluding hydrogens is 424 g/mol. The van der Waals surface area contributed by atoms with Crippen LogP contribution in [0.4, 0.5) is 0 Å². The van der Waals surface area contributed by atoms with E-state index in [0.717, 1.165) is 25.1 Å². The lowest BCUT2D eigenvalue weighted by molar-refractivity contribution is -0.671. The highest BCUT2D eigenvalue weighted by Gasteiger charge is 2.11. The molecule has 0 radical (unpaired) electrons. The normalized spacial score (nSPS) is 12.3. The van der Waals surface area contributed by atoms with Crippen molar-refractivity contribution in [3.8, 4) is 5.75 Å². The Morgan fingerprint density at radius 2 is 1.82 bits per heavy atom. The van der Waals surface area contributed by atoms with E-state index in [9.17, 15) is 4.79 Å². The number of aryl methyl sites for hydroxylation is 2. The number of ether oxygens (including phenoxy) is 1. The molecule has 34 heavy (non-hydrogen) atoms. The van der Waals surface area contributed by atoms with E-state index in [-0.39, 0.29) is 11.9 Å². The highest BCUT2D eigenvalue weighted by Crippen LogP contribution is 2.20. The van der Waals surface area contributed by atoms with Crippen LogP contribution in [0.2, 0.25) is 0 Å². The highest BCUT2D eigenvalue weighted by atomic mass is 16.5. The number of unbranched alkanes of at least 4 members (excludes halogenated alkanes) is 5. The maximum atomic E-state index is 12.4. The molecule has 0 amide bonds. The van der Waals surface area contributed by atoms with Crippen molar-refractivity contribution >= 4 is 11.9 Å². The summed E-state index contributed by atoms with van der Waals surface area (Å²) in [6.07, 6.45) is 22.1. The first-order chi connectivity index (χ1) is 16.6. The van der Waals surface area contributed by atoms with Crippen LogP contribution in [0, 0.1) is 0 Å². The van der Waals surface area contributed by atoms with Crippen LogP contribution in [-0.2, 0) is 13.6 Å². The summed E-state index contributed by atoms with van der Waals surface area (Å²) < 4.78 is 15.9. The number of allylic oxidation sites excluding steroid dienone is 1. The quantitative estimate of drug-likeness (QED) is 0.102. The number of carbonyl (C=O) groups is 1. The molecule has 0 aliphatic heterocycles. The maximum Gasteiger partial charge on any atom is 0.243 e. The molecule has 0 bridgehead atoms. The third-order valence-electron chi connectivity index (χ3n) is 6.03. The van der Waals surface area contributed by atoms with Gasteiger partial charge in [-0.3, -0.25) is 4.79 Å². The first-order valence-corrected chi connectivity index (χ1v) is 12.7. The molecule has 2 heterocycles. The van der Waals surface area contributed by atoms with E-state index in [1.54, 1.807) is 18.4 Å². The third kappa shape index (κ3) is 9.05. The molecule has 0 N–H and O–H groups in total. The van der Waals surface area contributed by atoms with Gasteiger partial charge < -0.3 is 9.15 Å². The summed E-state index contributed by atoms with van der Waals surface area (Å²) in [4.78, 5) is 12.4. The second-order valence-corrected chi connectivity index (χ2v) is 8.99. The van der Waals surface area contributed by atoms with E-state index in [1.165, 1.54) is 51.0 Å². The number of imidazole rings is 1. The van der Waals surface area contributed by atoms with E-state index in [4.69, 9.17) is 9.15 Å². The zero-order valence-electron chi connectivity index (χ0n) is 20.7. The fourth-order valence-corrected chi connectivity index (χ4v) is 4.06. The van der Waals surface area contributed by atoms with Crippen LogP contribution < -0.4 is 9.30 Å². The van der Waals surface area contributed by atoms with Crippen molar-refractivity contribution in [3.05, 3.63) is 78.8 Å². The standard InChI is InChI=1S/C29H39N2O3/c1-3-4-11-27(12-8-6-5-7-9-20-31-22-21-30(2)24-31)34-28-16-14-25(15-17-28)29(32)19-18-26-13-10-23-33-26/h10,13-19,21-24,27H,3-9,11-12,20H2,1-2H3/q+1/b19-18+. The van der Waals surface area contributed by atoms with Gasteiger partial charge >= 0.3 is 0 Å². The smallest absolute Gasteiger partial charge is 0.243 e. The summed E-state index contributed by atoms with van der Waals surface area (Å²) in [6.45, 7) is 3.32. The number of furan rings is 1. The van der Waals surface area contributed by atoms with Crippen molar-refractivity contribution in [3.63, 3.8) is 0 Å². The Hall–Kier alpha value is -3.08. The second kappa shape index (κ2) is 14.2. The molecule has 0 aliphatic carbocycles. The van der Waals surface area contributed by atoms with Gasteiger partial charge in [-0.1, -0.05) is 32.6 Å². The van der Waals surface area contributed by atoms with Gasteiger partial charge in [-0.2, -0.15) is 0 Å². The topological polar surface area (TPSA) is 48.2 Å². The Morgan fingerprint density at radius 1 is 1.06 bits per heavy atom. The molecule has 2 aromatic heterocycles. The largest absolute Gasteiger partial charge is 0.490 e. The SMILES string of the molecule is CCCCC(CCCCCCCn1cc[n+](C)c1)Oc1ccc(C(=O)/C=C/c2ccco2)cc1. The Bertz CT molecular complexity index is 987. The predicted molar refractivity (Wildman–Crippen MR) is 136 cm³/mol. The van der Waals surface area contributed by atoms with Gasteiger partial charge in [-0.05, 0) is 80.7 Å². The number of rotatable bonds is 16. The second-order valence-electron chi connectivity index (χ2n) is 8.99. The molecule has 0 aliphatic rings. The van der Waals surface area contributed by atoms with Crippen LogP contribution in [-0.4, -0.2) is 16.5 Å². The minimum Gasteiger partial charge on any atom is -0.490 e. The van der Waals surface area contributed by atoms with Gasteiger partial charge in [-0.25, -0.2) is 9.13 Å². The average molecular weight is 464 g/mol. The molecule has 5 heteroatoms. The van der Waals surface area contributed by atoms with Crippen LogP contribution in [0.3, 0.4) is 0 Å². The number of carbonyl (C=O) groups excluding carboxylic acids is 1. The zero-order chi connectivity index (χ0) is 24.0. The molecule has 1 atom stereocenters. The number of ketones is 1. The summed E-state index contributed by atoms with van der Waals surface area (Å²) in [7, 11) is 2.06. The van der Waals surface area contributed by atoms with Gasteiger partial charge in [0.25, 0.3) is 0 Å². The van der Waals surface area contributed by atoms with E-state index in [0.29, 0.717) is 11.3 Å².